The quantitative estimate of drug-likeness (QED) is 0.347. The molecule has 1 aromatic rings. The van der Waals surface area contributed by atoms with Gasteiger partial charge in [-0.15, -0.1) is 0 Å². The molecule has 1 heterocycles. The van der Waals surface area contributed by atoms with Gasteiger partial charge in [-0.05, 0) is 64.0 Å². The number of hydrogen-bond donors (Lipinski definition) is 2. The van der Waals surface area contributed by atoms with Gasteiger partial charge in [0.15, 0.2) is 5.78 Å². The molecule has 0 saturated heterocycles. The Morgan fingerprint density at radius 1 is 1.20 bits per heavy atom. The van der Waals surface area contributed by atoms with Gasteiger partial charge < -0.3 is 25.3 Å². The minimum absolute atomic E-state index is 0.0104. The van der Waals surface area contributed by atoms with E-state index < -0.39 is 16.0 Å². The van der Waals surface area contributed by atoms with E-state index in [-0.39, 0.29) is 23.9 Å². The van der Waals surface area contributed by atoms with E-state index in [1.54, 1.807) is 20.8 Å². The number of nitrogens with zero attached hydrogens (tertiary/aromatic N) is 3. The predicted octanol–water partition coefficient (Wildman–Crippen LogP) is 1.08. The highest BCUT2D eigenvalue weighted by Gasteiger charge is 2.27. The molecule has 0 saturated carbocycles. The number of imidazole rings is 1. The fourth-order valence-electron chi connectivity index (χ4n) is 2.01. The lowest BCUT2D eigenvalue weighted by Gasteiger charge is -2.26. The van der Waals surface area contributed by atoms with Gasteiger partial charge >= 0.3 is 5.82 Å². The molecule has 0 aliphatic rings. The van der Waals surface area contributed by atoms with Crippen LogP contribution in [-0.2, 0) is 16.1 Å². The maximum Gasteiger partial charge on any atom is 0.381 e. The van der Waals surface area contributed by atoms with E-state index in [9.17, 15) is 19.7 Å². The number of Topliss-reactive ketones (excluding diaryl/α,β-unsaturated/α-hetero) is 2. The highest BCUT2D eigenvalue weighted by Crippen LogP contribution is 2.10. The minimum Gasteiger partial charge on any atom is -0.358 e. The smallest absolute Gasteiger partial charge is 0.358 e. The van der Waals surface area contributed by atoms with Crippen LogP contribution >= 0.6 is 0 Å². The van der Waals surface area contributed by atoms with Crippen LogP contribution in [0.5, 0.6) is 0 Å². The van der Waals surface area contributed by atoms with Crippen LogP contribution in [0.15, 0.2) is 12.5 Å². The highest BCUT2D eigenvalue weighted by molar-refractivity contribution is 5.87. The zero-order valence-electron chi connectivity index (χ0n) is 15.5. The lowest BCUT2D eigenvalue weighted by molar-refractivity contribution is -0.389. The van der Waals surface area contributed by atoms with Crippen LogP contribution < -0.4 is 10.6 Å². The molecular formula is C16H27N5O4. The van der Waals surface area contributed by atoms with Crippen molar-refractivity contribution in [3.8, 4) is 0 Å². The molecule has 0 spiro atoms. The molecule has 0 bridgehead atoms. The molecule has 25 heavy (non-hydrogen) atoms. The normalized spacial score (nSPS) is 12.2. The third-order valence-corrected chi connectivity index (χ3v) is 4.20. The molecule has 9 nitrogen and oxygen atoms in total. The Morgan fingerprint density at radius 2 is 1.76 bits per heavy atom. The number of hydrogen-bond acceptors (Lipinski definition) is 7. The van der Waals surface area contributed by atoms with Crippen LogP contribution in [0.25, 0.3) is 0 Å². The molecule has 2 N–H and O–H groups in total. The topological polar surface area (TPSA) is 119 Å². The van der Waals surface area contributed by atoms with Crippen molar-refractivity contribution < 1.29 is 14.5 Å². The average molecular weight is 353 g/mol. The Balaban J connectivity index is 2.42. The molecule has 0 radical (unpaired) electrons. The first-order chi connectivity index (χ1) is 11.5. The summed E-state index contributed by atoms with van der Waals surface area (Å²) in [5, 5.41) is 17.0. The molecular weight excluding hydrogens is 326 g/mol. The number of aromatic nitrogens is 2. The summed E-state index contributed by atoms with van der Waals surface area (Å²) < 4.78 is 1.40. The Labute approximate surface area is 147 Å². The van der Waals surface area contributed by atoms with Crippen LogP contribution in [0.1, 0.15) is 41.0 Å². The van der Waals surface area contributed by atoms with Crippen LogP contribution in [0.4, 0.5) is 5.82 Å². The Bertz CT molecular complexity index is 636. The minimum atomic E-state index is -0.769. The third kappa shape index (κ3) is 6.35. The number of nitro groups is 1. The van der Waals surface area contributed by atoms with Crippen molar-refractivity contribution in [2.45, 2.75) is 58.7 Å². The first-order valence-corrected chi connectivity index (χ1v) is 8.16. The molecule has 140 valence electrons. The van der Waals surface area contributed by atoms with Crippen molar-refractivity contribution in [2.75, 3.05) is 13.1 Å². The van der Waals surface area contributed by atoms with Crippen LogP contribution in [0.3, 0.4) is 0 Å². The first kappa shape index (κ1) is 20.9. The highest BCUT2D eigenvalue weighted by atomic mass is 16.6. The summed E-state index contributed by atoms with van der Waals surface area (Å²) in [7, 11) is 0. The summed E-state index contributed by atoms with van der Waals surface area (Å²) in [6.07, 6.45) is 3.27. The third-order valence-electron chi connectivity index (χ3n) is 4.20. The van der Waals surface area contributed by atoms with E-state index in [0.717, 1.165) is 6.42 Å². The molecule has 1 rings (SSSR count). The summed E-state index contributed by atoms with van der Waals surface area (Å²) in [5.74, 6) is -0.306. The fraction of sp³-hybridized carbons (Fsp3) is 0.688. The SMILES string of the molecule is CC(=O)C(C)(C)NCCCNC(C)(C)C(=O)Cn1cnc([N+](=O)[O-])c1. The first-order valence-electron chi connectivity index (χ1n) is 8.16. The lowest BCUT2D eigenvalue weighted by Crippen LogP contribution is -2.50. The zero-order chi connectivity index (χ0) is 19.3. The van der Waals surface area contributed by atoms with Crippen LogP contribution in [0.2, 0.25) is 0 Å². The molecule has 0 aromatic carbocycles. The molecule has 1 aromatic heterocycles. The number of ketones is 2. The summed E-state index contributed by atoms with van der Waals surface area (Å²) in [4.78, 5) is 37.5. The van der Waals surface area contributed by atoms with Gasteiger partial charge in [-0.25, -0.2) is 0 Å². The lowest BCUT2D eigenvalue weighted by atomic mass is 9.98. The second kappa shape index (κ2) is 8.30. The molecule has 9 heteroatoms. The molecule has 0 fully saturated rings. The van der Waals surface area contributed by atoms with Gasteiger partial charge in [0.05, 0.1) is 17.6 Å². The zero-order valence-corrected chi connectivity index (χ0v) is 15.5. The van der Waals surface area contributed by atoms with Crippen molar-refractivity contribution >= 4 is 17.4 Å². The monoisotopic (exact) mass is 353 g/mol. The summed E-state index contributed by atoms with van der Waals surface area (Å²) in [6, 6.07) is 0. The summed E-state index contributed by atoms with van der Waals surface area (Å²) in [5.41, 5.74) is -1.32. The summed E-state index contributed by atoms with van der Waals surface area (Å²) >= 11 is 0. The molecule has 0 unspecified atom stereocenters. The molecule has 0 atom stereocenters. The maximum atomic E-state index is 12.4. The Hall–Kier alpha value is -2.13. The number of carbonyl (C=O) groups is 2. The van der Waals surface area contributed by atoms with Gasteiger partial charge in [-0.2, -0.15) is 0 Å². The fourth-order valence-corrected chi connectivity index (χ4v) is 2.01. The standard InChI is InChI=1S/C16H27N5O4/c1-12(22)15(2,3)18-7-6-8-19-16(4,5)13(23)9-20-10-14(17-11-20)21(24)25/h10-11,18-19H,6-9H2,1-5H3. The molecule has 0 aliphatic carbocycles. The Morgan fingerprint density at radius 3 is 2.24 bits per heavy atom. The van der Waals surface area contributed by atoms with Crippen molar-refractivity contribution in [3.05, 3.63) is 22.6 Å². The van der Waals surface area contributed by atoms with Crippen molar-refractivity contribution in [3.63, 3.8) is 0 Å². The van der Waals surface area contributed by atoms with Gasteiger partial charge in [0.1, 0.15) is 12.0 Å². The number of carbonyl (C=O) groups excluding carboxylic acids is 2. The average Bonchev–Trinajstić information content (AvgIpc) is 2.95. The van der Waals surface area contributed by atoms with E-state index in [4.69, 9.17) is 0 Å². The predicted molar refractivity (Wildman–Crippen MR) is 93.3 cm³/mol. The van der Waals surface area contributed by atoms with Crippen molar-refractivity contribution in [1.29, 1.82) is 0 Å². The Kier molecular flexibility index (Phi) is 6.95. The molecule has 0 aliphatic heterocycles. The van der Waals surface area contributed by atoms with Crippen LogP contribution in [-0.4, -0.2) is 50.2 Å². The van der Waals surface area contributed by atoms with E-state index in [2.05, 4.69) is 15.6 Å². The van der Waals surface area contributed by atoms with Crippen LogP contribution in [0, 0.1) is 10.1 Å². The van der Waals surface area contributed by atoms with Gasteiger partial charge in [-0.3, -0.25) is 9.59 Å². The maximum absolute atomic E-state index is 12.4. The summed E-state index contributed by atoms with van der Waals surface area (Å²) in [6.45, 7) is 10.0. The van der Waals surface area contributed by atoms with Gasteiger partial charge in [0.25, 0.3) is 0 Å². The second-order valence-corrected chi connectivity index (χ2v) is 7.10. The van der Waals surface area contributed by atoms with E-state index in [1.165, 1.54) is 17.1 Å². The van der Waals surface area contributed by atoms with Gasteiger partial charge in [0, 0.05) is 0 Å². The van der Waals surface area contributed by atoms with Gasteiger partial charge in [0.2, 0.25) is 6.33 Å². The number of rotatable bonds is 11. The second-order valence-electron chi connectivity index (χ2n) is 7.10. The molecule has 0 amide bonds. The van der Waals surface area contributed by atoms with E-state index in [0.29, 0.717) is 13.1 Å². The van der Waals surface area contributed by atoms with Crippen molar-refractivity contribution in [2.24, 2.45) is 0 Å². The van der Waals surface area contributed by atoms with E-state index >= 15 is 0 Å². The van der Waals surface area contributed by atoms with E-state index in [1.807, 2.05) is 13.8 Å². The van der Waals surface area contributed by atoms with Gasteiger partial charge in [-0.1, -0.05) is 0 Å². The van der Waals surface area contributed by atoms with Crippen molar-refractivity contribution in [1.82, 2.24) is 20.2 Å². The largest absolute Gasteiger partial charge is 0.381 e. The number of nitrogens with one attached hydrogen (secondary N) is 2.